The van der Waals surface area contributed by atoms with Gasteiger partial charge in [-0.2, -0.15) is 0 Å². The zero-order chi connectivity index (χ0) is 17.2. The van der Waals surface area contributed by atoms with Crippen molar-refractivity contribution in [3.8, 4) is 0 Å². The number of hydrogen-bond donors (Lipinski definition) is 2. The summed E-state index contributed by atoms with van der Waals surface area (Å²) in [5.41, 5.74) is 2.91. The highest BCUT2D eigenvalue weighted by atomic mass is 16.3. The molecule has 0 amide bonds. The summed E-state index contributed by atoms with van der Waals surface area (Å²) in [5.74, 6) is 0. The van der Waals surface area contributed by atoms with Crippen LogP contribution < -0.4 is 0 Å². The SMILES string of the molecule is C=CC(C)(O)CCC=C(C)CC(O)C=C(C)CCC=C(C)C. The minimum atomic E-state index is -0.809. The van der Waals surface area contributed by atoms with E-state index in [0.717, 1.165) is 24.8 Å². The van der Waals surface area contributed by atoms with E-state index in [9.17, 15) is 10.2 Å². The van der Waals surface area contributed by atoms with Gasteiger partial charge in [0.2, 0.25) is 0 Å². The van der Waals surface area contributed by atoms with Crippen LogP contribution in [0.25, 0.3) is 0 Å². The third kappa shape index (κ3) is 11.5. The van der Waals surface area contributed by atoms with Crippen molar-refractivity contribution in [1.82, 2.24) is 0 Å². The van der Waals surface area contributed by atoms with Crippen LogP contribution in [0.15, 0.2) is 47.6 Å². The fourth-order valence-corrected chi connectivity index (χ4v) is 2.19. The van der Waals surface area contributed by atoms with Gasteiger partial charge in [0, 0.05) is 0 Å². The van der Waals surface area contributed by atoms with Crippen LogP contribution in [0.3, 0.4) is 0 Å². The maximum absolute atomic E-state index is 10.1. The molecule has 0 fully saturated rings. The van der Waals surface area contributed by atoms with Crippen LogP contribution in [0.4, 0.5) is 0 Å². The van der Waals surface area contributed by atoms with Gasteiger partial charge in [0.1, 0.15) is 0 Å². The van der Waals surface area contributed by atoms with Crippen LogP contribution in [-0.2, 0) is 0 Å². The Morgan fingerprint density at radius 2 is 1.73 bits per heavy atom. The zero-order valence-corrected chi connectivity index (χ0v) is 15.0. The lowest BCUT2D eigenvalue weighted by Gasteiger charge is -2.17. The first-order valence-corrected chi connectivity index (χ1v) is 8.16. The van der Waals surface area contributed by atoms with Gasteiger partial charge in [0.25, 0.3) is 0 Å². The third-order valence-corrected chi connectivity index (χ3v) is 3.68. The molecule has 0 aliphatic carbocycles. The van der Waals surface area contributed by atoms with E-state index in [1.54, 1.807) is 13.0 Å². The minimum absolute atomic E-state index is 0.428. The van der Waals surface area contributed by atoms with Gasteiger partial charge in [-0.3, -0.25) is 0 Å². The lowest BCUT2D eigenvalue weighted by Crippen LogP contribution is -2.19. The zero-order valence-electron chi connectivity index (χ0n) is 15.0. The van der Waals surface area contributed by atoms with Crippen molar-refractivity contribution < 1.29 is 10.2 Å². The second kappa shape index (κ2) is 10.6. The molecule has 0 aliphatic rings. The molecular formula is C20H34O2. The lowest BCUT2D eigenvalue weighted by molar-refractivity contribution is 0.103. The summed E-state index contributed by atoms with van der Waals surface area (Å²) in [4.78, 5) is 0. The maximum Gasteiger partial charge on any atom is 0.0800 e. The van der Waals surface area contributed by atoms with E-state index in [1.165, 1.54) is 11.1 Å². The van der Waals surface area contributed by atoms with Gasteiger partial charge in [-0.05, 0) is 66.7 Å². The standard InChI is InChI=1S/C20H34O2/c1-7-20(6,22)13-9-12-18(5)15-19(21)14-17(4)11-8-10-16(2)3/h7,10,12,14,19,21-22H,1,8-9,11,13,15H2,2-6H3. The second-order valence-electron chi connectivity index (χ2n) is 6.76. The van der Waals surface area contributed by atoms with Gasteiger partial charge in [-0.25, -0.2) is 0 Å². The number of aliphatic hydroxyl groups is 2. The summed E-state index contributed by atoms with van der Waals surface area (Å²) in [6.45, 7) is 13.7. The molecule has 0 saturated carbocycles. The van der Waals surface area contributed by atoms with Gasteiger partial charge in [0.15, 0.2) is 0 Å². The molecule has 0 heterocycles. The van der Waals surface area contributed by atoms with Crippen LogP contribution in [0, 0.1) is 0 Å². The van der Waals surface area contributed by atoms with E-state index in [-0.39, 0.29) is 0 Å². The fourth-order valence-electron chi connectivity index (χ4n) is 2.19. The number of hydrogen-bond acceptors (Lipinski definition) is 2. The van der Waals surface area contributed by atoms with Crippen molar-refractivity contribution in [3.05, 3.63) is 47.6 Å². The van der Waals surface area contributed by atoms with Gasteiger partial charge in [0.05, 0.1) is 11.7 Å². The van der Waals surface area contributed by atoms with Crippen LogP contribution >= 0.6 is 0 Å². The molecule has 0 rings (SSSR count). The first kappa shape index (κ1) is 20.9. The molecule has 126 valence electrons. The van der Waals surface area contributed by atoms with Crippen LogP contribution in [0.2, 0.25) is 0 Å². The van der Waals surface area contributed by atoms with Crippen molar-refractivity contribution in [2.75, 3.05) is 0 Å². The van der Waals surface area contributed by atoms with Crippen molar-refractivity contribution in [3.63, 3.8) is 0 Å². The highest BCUT2D eigenvalue weighted by molar-refractivity contribution is 5.09. The highest BCUT2D eigenvalue weighted by Gasteiger charge is 2.13. The summed E-state index contributed by atoms with van der Waals surface area (Å²) in [6, 6.07) is 0. The van der Waals surface area contributed by atoms with Crippen LogP contribution in [-0.4, -0.2) is 21.9 Å². The van der Waals surface area contributed by atoms with Crippen molar-refractivity contribution >= 4 is 0 Å². The Labute approximate surface area is 137 Å². The van der Waals surface area contributed by atoms with Crippen LogP contribution in [0.1, 0.15) is 66.7 Å². The van der Waals surface area contributed by atoms with Crippen LogP contribution in [0.5, 0.6) is 0 Å². The predicted molar refractivity (Wildman–Crippen MR) is 96.9 cm³/mol. The van der Waals surface area contributed by atoms with Crippen molar-refractivity contribution in [2.45, 2.75) is 78.4 Å². The first-order valence-electron chi connectivity index (χ1n) is 8.16. The average Bonchev–Trinajstić information content (AvgIpc) is 2.37. The summed E-state index contributed by atoms with van der Waals surface area (Å²) >= 11 is 0. The summed E-state index contributed by atoms with van der Waals surface area (Å²) in [7, 11) is 0. The summed E-state index contributed by atoms with van der Waals surface area (Å²) in [5, 5.41) is 20.0. The maximum atomic E-state index is 10.1. The molecule has 0 bridgehead atoms. The highest BCUT2D eigenvalue weighted by Crippen LogP contribution is 2.16. The predicted octanol–water partition coefficient (Wildman–Crippen LogP) is 5.09. The quantitative estimate of drug-likeness (QED) is 0.552. The molecule has 0 aromatic heterocycles. The Morgan fingerprint density at radius 1 is 1.09 bits per heavy atom. The lowest BCUT2D eigenvalue weighted by atomic mass is 9.98. The second-order valence-corrected chi connectivity index (χ2v) is 6.76. The van der Waals surface area contributed by atoms with E-state index in [4.69, 9.17) is 0 Å². The van der Waals surface area contributed by atoms with Gasteiger partial charge < -0.3 is 10.2 Å². The Morgan fingerprint density at radius 3 is 2.27 bits per heavy atom. The summed E-state index contributed by atoms with van der Waals surface area (Å²) in [6.07, 6.45) is 11.5. The summed E-state index contributed by atoms with van der Waals surface area (Å²) < 4.78 is 0. The van der Waals surface area contributed by atoms with E-state index < -0.39 is 11.7 Å². The molecule has 22 heavy (non-hydrogen) atoms. The van der Waals surface area contributed by atoms with E-state index in [1.807, 2.05) is 13.0 Å². The number of allylic oxidation sites excluding steroid dienone is 4. The molecule has 0 spiro atoms. The van der Waals surface area contributed by atoms with Gasteiger partial charge in [-0.1, -0.05) is 41.0 Å². The largest absolute Gasteiger partial charge is 0.389 e. The molecule has 0 aromatic rings. The molecule has 0 saturated heterocycles. The topological polar surface area (TPSA) is 40.5 Å². The molecule has 0 aliphatic heterocycles. The molecule has 2 N–H and O–H groups in total. The third-order valence-electron chi connectivity index (χ3n) is 3.68. The molecule has 2 unspecified atom stereocenters. The van der Waals surface area contributed by atoms with E-state index in [0.29, 0.717) is 12.8 Å². The molecular weight excluding hydrogens is 272 g/mol. The number of rotatable bonds is 10. The molecule has 2 atom stereocenters. The van der Waals surface area contributed by atoms with Gasteiger partial charge in [-0.15, -0.1) is 6.58 Å². The van der Waals surface area contributed by atoms with Gasteiger partial charge >= 0.3 is 0 Å². The molecule has 2 heteroatoms. The monoisotopic (exact) mass is 306 g/mol. The van der Waals surface area contributed by atoms with Crippen molar-refractivity contribution in [1.29, 1.82) is 0 Å². The molecule has 0 radical (unpaired) electrons. The smallest absolute Gasteiger partial charge is 0.0800 e. The number of aliphatic hydroxyl groups excluding tert-OH is 1. The average molecular weight is 306 g/mol. The fraction of sp³-hybridized carbons (Fsp3) is 0.600. The Balaban J connectivity index is 4.25. The Bertz CT molecular complexity index is 421. The Kier molecular flexibility index (Phi) is 10.0. The molecule has 2 nitrogen and oxygen atoms in total. The molecule has 0 aromatic carbocycles. The first-order chi connectivity index (χ1) is 10.2. The normalized spacial score (nSPS) is 16.9. The Hall–Kier alpha value is -1.12. The van der Waals surface area contributed by atoms with E-state index >= 15 is 0 Å². The van der Waals surface area contributed by atoms with Crippen molar-refractivity contribution in [2.24, 2.45) is 0 Å². The van der Waals surface area contributed by atoms with E-state index in [2.05, 4.69) is 39.5 Å². The minimum Gasteiger partial charge on any atom is -0.389 e.